The summed E-state index contributed by atoms with van der Waals surface area (Å²) < 4.78 is 1.26. The average molecular weight is 371 g/mol. The van der Waals surface area contributed by atoms with Crippen LogP contribution in [-0.4, -0.2) is 31.2 Å². The summed E-state index contributed by atoms with van der Waals surface area (Å²) in [4.78, 5) is 7.11. The van der Waals surface area contributed by atoms with Gasteiger partial charge < -0.3 is 10.2 Å². The predicted octanol–water partition coefficient (Wildman–Crippen LogP) is 2.82. The second kappa shape index (κ2) is 5.54. The molecule has 1 aromatic carbocycles. The maximum Gasteiger partial charge on any atom is 0.185 e. The molecule has 0 atom stereocenters. The Morgan fingerprint density at radius 2 is 1.89 bits per heavy atom. The van der Waals surface area contributed by atoms with Crippen LogP contribution in [0, 0.1) is 3.57 Å². The van der Waals surface area contributed by atoms with Crippen molar-refractivity contribution in [1.29, 1.82) is 0 Å². The molecule has 0 radical (unpaired) electrons. The van der Waals surface area contributed by atoms with Crippen molar-refractivity contribution in [2.24, 2.45) is 0 Å². The summed E-state index contributed by atoms with van der Waals surface area (Å²) in [5.41, 5.74) is 2.29. The van der Waals surface area contributed by atoms with Crippen LogP contribution in [0.2, 0.25) is 0 Å². The van der Waals surface area contributed by atoms with Crippen LogP contribution in [0.15, 0.2) is 29.6 Å². The molecule has 0 unspecified atom stereocenters. The summed E-state index contributed by atoms with van der Waals surface area (Å²) in [7, 11) is 0. The molecule has 5 heteroatoms. The Hall–Kier alpha value is -0.660. The minimum absolute atomic E-state index is 1.05. The van der Waals surface area contributed by atoms with E-state index in [9.17, 15) is 0 Å². The van der Waals surface area contributed by atoms with Crippen LogP contribution in [-0.2, 0) is 0 Å². The van der Waals surface area contributed by atoms with E-state index in [-0.39, 0.29) is 0 Å². The van der Waals surface area contributed by atoms with Gasteiger partial charge in [0.1, 0.15) is 0 Å². The molecule has 0 aliphatic carbocycles. The number of halogens is 1. The van der Waals surface area contributed by atoms with E-state index in [0.29, 0.717) is 0 Å². The SMILES string of the molecule is Ic1ccc(-c2csc(N3CCNCC3)n2)cc1. The molecule has 1 aliphatic heterocycles. The zero-order valence-corrected chi connectivity index (χ0v) is 12.9. The highest BCUT2D eigenvalue weighted by atomic mass is 127. The van der Waals surface area contributed by atoms with Crippen molar-refractivity contribution < 1.29 is 0 Å². The fourth-order valence-electron chi connectivity index (χ4n) is 2.02. The lowest BCUT2D eigenvalue weighted by Crippen LogP contribution is -2.43. The number of nitrogens with one attached hydrogen (secondary N) is 1. The molecule has 2 heterocycles. The molecule has 2 aromatic rings. The second-order valence-corrected chi connectivity index (χ2v) is 6.34. The van der Waals surface area contributed by atoms with Gasteiger partial charge in [-0.3, -0.25) is 0 Å². The van der Waals surface area contributed by atoms with Gasteiger partial charge in [-0.25, -0.2) is 4.98 Å². The van der Waals surface area contributed by atoms with Crippen LogP contribution in [0.5, 0.6) is 0 Å². The number of thiazole rings is 1. The first-order valence-corrected chi connectivity index (χ1v) is 7.96. The highest BCUT2D eigenvalue weighted by molar-refractivity contribution is 14.1. The van der Waals surface area contributed by atoms with Crippen molar-refractivity contribution in [3.05, 3.63) is 33.2 Å². The van der Waals surface area contributed by atoms with Crippen LogP contribution in [0.25, 0.3) is 11.3 Å². The van der Waals surface area contributed by atoms with Gasteiger partial charge in [0.15, 0.2) is 5.13 Å². The van der Waals surface area contributed by atoms with E-state index >= 15 is 0 Å². The molecule has 0 saturated carbocycles. The molecule has 3 rings (SSSR count). The van der Waals surface area contributed by atoms with E-state index in [2.05, 4.69) is 62.5 Å². The summed E-state index contributed by atoms with van der Waals surface area (Å²) >= 11 is 4.06. The fraction of sp³-hybridized carbons (Fsp3) is 0.308. The number of aromatic nitrogens is 1. The lowest BCUT2D eigenvalue weighted by atomic mass is 10.2. The molecule has 0 bridgehead atoms. The summed E-state index contributed by atoms with van der Waals surface area (Å²) in [5, 5.41) is 6.66. The van der Waals surface area contributed by atoms with Gasteiger partial charge in [0.2, 0.25) is 0 Å². The largest absolute Gasteiger partial charge is 0.346 e. The Morgan fingerprint density at radius 3 is 2.61 bits per heavy atom. The van der Waals surface area contributed by atoms with Crippen molar-refractivity contribution in [2.75, 3.05) is 31.1 Å². The molecule has 3 nitrogen and oxygen atoms in total. The van der Waals surface area contributed by atoms with E-state index in [1.807, 2.05) is 0 Å². The van der Waals surface area contributed by atoms with Gasteiger partial charge in [-0.1, -0.05) is 12.1 Å². The van der Waals surface area contributed by atoms with Crippen LogP contribution in [0.1, 0.15) is 0 Å². The third-order valence-electron chi connectivity index (χ3n) is 3.02. The Morgan fingerprint density at radius 1 is 1.17 bits per heavy atom. The first-order chi connectivity index (χ1) is 8.83. The minimum atomic E-state index is 1.05. The number of nitrogens with zero attached hydrogens (tertiary/aromatic N) is 2. The molecule has 94 valence electrons. The topological polar surface area (TPSA) is 28.2 Å². The molecule has 0 spiro atoms. The molecule has 1 saturated heterocycles. The quantitative estimate of drug-likeness (QED) is 0.823. The van der Waals surface area contributed by atoms with Gasteiger partial charge in [-0.2, -0.15) is 0 Å². The van der Waals surface area contributed by atoms with E-state index in [1.54, 1.807) is 11.3 Å². The lowest BCUT2D eigenvalue weighted by Gasteiger charge is -2.26. The zero-order valence-electron chi connectivity index (χ0n) is 9.90. The molecule has 18 heavy (non-hydrogen) atoms. The maximum atomic E-state index is 4.75. The number of benzene rings is 1. The Bertz CT molecular complexity index is 517. The molecule has 1 aromatic heterocycles. The normalized spacial score (nSPS) is 15.9. The summed E-state index contributed by atoms with van der Waals surface area (Å²) in [6.07, 6.45) is 0. The van der Waals surface area contributed by atoms with Gasteiger partial charge >= 0.3 is 0 Å². The van der Waals surface area contributed by atoms with Gasteiger partial charge in [0.05, 0.1) is 5.69 Å². The van der Waals surface area contributed by atoms with Gasteiger partial charge in [0.25, 0.3) is 0 Å². The van der Waals surface area contributed by atoms with E-state index in [1.165, 1.54) is 9.13 Å². The Balaban J connectivity index is 1.82. The number of hydrogen-bond acceptors (Lipinski definition) is 4. The Labute approximate surface area is 124 Å². The standard InChI is InChI=1S/C13H14IN3S/c14-11-3-1-10(2-4-11)12-9-18-13(16-12)17-7-5-15-6-8-17/h1-4,9,15H,5-8H2. The molecule has 0 amide bonds. The number of anilines is 1. The summed E-state index contributed by atoms with van der Waals surface area (Å²) in [6, 6.07) is 8.52. The first-order valence-electron chi connectivity index (χ1n) is 6.00. The van der Waals surface area contributed by atoms with Crippen LogP contribution < -0.4 is 10.2 Å². The highest BCUT2D eigenvalue weighted by Gasteiger charge is 2.14. The van der Waals surface area contributed by atoms with Crippen molar-refractivity contribution in [3.63, 3.8) is 0 Å². The smallest absolute Gasteiger partial charge is 0.185 e. The van der Waals surface area contributed by atoms with E-state index in [0.717, 1.165) is 37.0 Å². The Kier molecular flexibility index (Phi) is 3.81. The molecule has 1 aliphatic rings. The first kappa shape index (κ1) is 12.4. The van der Waals surface area contributed by atoms with Crippen molar-refractivity contribution in [3.8, 4) is 11.3 Å². The second-order valence-electron chi connectivity index (χ2n) is 4.26. The van der Waals surface area contributed by atoms with Crippen molar-refractivity contribution >= 4 is 39.1 Å². The number of rotatable bonds is 2. The molecular formula is C13H14IN3S. The lowest BCUT2D eigenvalue weighted by molar-refractivity contribution is 0.588. The number of piperazine rings is 1. The van der Waals surface area contributed by atoms with Gasteiger partial charge in [-0.05, 0) is 34.7 Å². The van der Waals surface area contributed by atoms with Gasteiger partial charge in [0, 0.05) is 40.7 Å². The molecule has 1 fully saturated rings. The van der Waals surface area contributed by atoms with E-state index < -0.39 is 0 Å². The van der Waals surface area contributed by atoms with Crippen LogP contribution in [0.4, 0.5) is 5.13 Å². The van der Waals surface area contributed by atoms with Crippen molar-refractivity contribution in [1.82, 2.24) is 10.3 Å². The highest BCUT2D eigenvalue weighted by Crippen LogP contribution is 2.27. The molecular weight excluding hydrogens is 357 g/mol. The van der Waals surface area contributed by atoms with Gasteiger partial charge in [-0.15, -0.1) is 11.3 Å². The van der Waals surface area contributed by atoms with Crippen molar-refractivity contribution in [2.45, 2.75) is 0 Å². The van der Waals surface area contributed by atoms with Crippen LogP contribution >= 0.6 is 33.9 Å². The zero-order chi connectivity index (χ0) is 12.4. The average Bonchev–Trinajstić information content (AvgIpc) is 2.90. The fourth-order valence-corrected chi connectivity index (χ4v) is 3.27. The van der Waals surface area contributed by atoms with Crippen LogP contribution in [0.3, 0.4) is 0 Å². The number of hydrogen-bond donors (Lipinski definition) is 1. The minimum Gasteiger partial charge on any atom is -0.346 e. The third-order valence-corrected chi connectivity index (χ3v) is 4.64. The maximum absolute atomic E-state index is 4.75. The molecule has 1 N–H and O–H groups in total. The predicted molar refractivity (Wildman–Crippen MR) is 85.3 cm³/mol. The third kappa shape index (κ3) is 2.67. The summed E-state index contributed by atoms with van der Waals surface area (Å²) in [6.45, 7) is 4.22. The van der Waals surface area contributed by atoms with E-state index in [4.69, 9.17) is 4.98 Å². The monoisotopic (exact) mass is 371 g/mol. The summed E-state index contributed by atoms with van der Waals surface area (Å²) in [5.74, 6) is 0.